The minimum absolute atomic E-state index is 0.0447. The number of hydrogen-bond donors (Lipinski definition) is 2. The number of hydrogen-bond acceptors (Lipinski definition) is 4. The van der Waals surface area contributed by atoms with E-state index in [-0.39, 0.29) is 5.69 Å². The maximum absolute atomic E-state index is 10.7. The predicted octanol–water partition coefficient (Wildman–Crippen LogP) is 2.16. The van der Waals surface area contributed by atoms with Gasteiger partial charge in [-0.15, -0.1) is 5.10 Å². The molecule has 100 valence electrons. The van der Waals surface area contributed by atoms with E-state index < -0.39 is 5.97 Å². The summed E-state index contributed by atoms with van der Waals surface area (Å²) in [7, 11) is 0. The predicted molar refractivity (Wildman–Crippen MR) is 74.4 cm³/mol. The van der Waals surface area contributed by atoms with E-state index in [0.29, 0.717) is 13.1 Å². The molecule has 7 heteroatoms. The zero-order chi connectivity index (χ0) is 13.8. The summed E-state index contributed by atoms with van der Waals surface area (Å²) in [5, 5.41) is 19.3. The smallest absolute Gasteiger partial charge is 0.358 e. The highest BCUT2D eigenvalue weighted by Gasteiger charge is 2.07. The summed E-state index contributed by atoms with van der Waals surface area (Å²) in [5.41, 5.74) is 2.12. The molecular formula is C12H13BrN4O2. The van der Waals surface area contributed by atoms with Crippen molar-refractivity contribution < 1.29 is 9.90 Å². The topological polar surface area (TPSA) is 80.0 Å². The van der Waals surface area contributed by atoms with Gasteiger partial charge in [0.05, 0.1) is 12.7 Å². The molecule has 0 aliphatic rings. The second-order valence-electron chi connectivity index (χ2n) is 4.08. The van der Waals surface area contributed by atoms with Gasteiger partial charge in [0.25, 0.3) is 0 Å². The fourth-order valence-corrected chi connectivity index (χ4v) is 1.97. The Bertz CT molecular complexity index is 597. The van der Waals surface area contributed by atoms with Crippen LogP contribution in [0.4, 0.5) is 5.69 Å². The molecule has 0 radical (unpaired) electrons. The SMILES string of the molecule is Cc1ccc(Br)c(NCCn2cc(C(=O)O)nn2)c1. The molecule has 0 atom stereocenters. The maximum Gasteiger partial charge on any atom is 0.358 e. The molecule has 0 aliphatic heterocycles. The fourth-order valence-electron chi connectivity index (χ4n) is 1.59. The first-order valence-electron chi connectivity index (χ1n) is 5.70. The van der Waals surface area contributed by atoms with E-state index in [9.17, 15) is 4.79 Å². The lowest BCUT2D eigenvalue weighted by atomic mass is 10.2. The lowest BCUT2D eigenvalue weighted by molar-refractivity contribution is 0.0690. The van der Waals surface area contributed by atoms with E-state index in [0.717, 1.165) is 10.2 Å². The molecule has 1 heterocycles. The number of nitrogens with one attached hydrogen (secondary N) is 1. The number of rotatable bonds is 5. The Kier molecular flexibility index (Phi) is 4.16. The molecule has 0 saturated heterocycles. The summed E-state index contributed by atoms with van der Waals surface area (Å²) in [5.74, 6) is -1.07. The first-order valence-corrected chi connectivity index (χ1v) is 6.49. The van der Waals surface area contributed by atoms with E-state index in [4.69, 9.17) is 5.11 Å². The van der Waals surface area contributed by atoms with Crippen LogP contribution in [-0.2, 0) is 6.54 Å². The molecule has 1 aromatic carbocycles. The first-order chi connectivity index (χ1) is 9.06. The Morgan fingerprint density at radius 2 is 2.32 bits per heavy atom. The van der Waals surface area contributed by atoms with E-state index >= 15 is 0 Å². The van der Waals surface area contributed by atoms with Crippen molar-refractivity contribution in [1.82, 2.24) is 15.0 Å². The Hall–Kier alpha value is -1.89. The van der Waals surface area contributed by atoms with Gasteiger partial charge in [-0.1, -0.05) is 11.3 Å². The van der Waals surface area contributed by atoms with Gasteiger partial charge < -0.3 is 10.4 Å². The minimum atomic E-state index is -1.07. The van der Waals surface area contributed by atoms with Gasteiger partial charge >= 0.3 is 5.97 Å². The van der Waals surface area contributed by atoms with Crippen LogP contribution in [-0.4, -0.2) is 32.6 Å². The summed E-state index contributed by atoms with van der Waals surface area (Å²) in [6.45, 7) is 3.19. The van der Waals surface area contributed by atoms with Crippen molar-refractivity contribution in [3.8, 4) is 0 Å². The highest BCUT2D eigenvalue weighted by molar-refractivity contribution is 9.10. The minimum Gasteiger partial charge on any atom is -0.476 e. The van der Waals surface area contributed by atoms with Crippen LogP contribution in [0.15, 0.2) is 28.9 Å². The van der Waals surface area contributed by atoms with E-state index in [1.807, 2.05) is 25.1 Å². The third kappa shape index (κ3) is 3.54. The van der Waals surface area contributed by atoms with Gasteiger partial charge in [0.15, 0.2) is 5.69 Å². The standard InChI is InChI=1S/C12H13BrN4O2/c1-8-2-3-9(13)10(6-8)14-4-5-17-7-11(12(18)19)15-16-17/h2-3,6-7,14H,4-5H2,1H3,(H,18,19). The summed E-state index contributed by atoms with van der Waals surface area (Å²) >= 11 is 3.47. The molecule has 0 unspecified atom stereocenters. The third-order valence-electron chi connectivity index (χ3n) is 2.54. The number of nitrogens with zero attached hydrogens (tertiary/aromatic N) is 3. The maximum atomic E-state index is 10.7. The molecule has 0 saturated carbocycles. The van der Waals surface area contributed by atoms with Gasteiger partial charge in [-0.2, -0.15) is 0 Å². The van der Waals surface area contributed by atoms with Crippen LogP contribution >= 0.6 is 15.9 Å². The quantitative estimate of drug-likeness (QED) is 0.881. The fraction of sp³-hybridized carbons (Fsp3) is 0.250. The van der Waals surface area contributed by atoms with Gasteiger partial charge in [0.1, 0.15) is 0 Å². The number of aryl methyl sites for hydroxylation is 1. The Morgan fingerprint density at radius 3 is 3.00 bits per heavy atom. The molecule has 0 aliphatic carbocycles. The number of benzene rings is 1. The van der Waals surface area contributed by atoms with Crippen LogP contribution in [0.1, 0.15) is 16.1 Å². The van der Waals surface area contributed by atoms with E-state index in [2.05, 4.69) is 31.6 Å². The van der Waals surface area contributed by atoms with Gasteiger partial charge in [-0.3, -0.25) is 0 Å². The molecule has 0 fully saturated rings. The lowest BCUT2D eigenvalue weighted by Gasteiger charge is -2.09. The molecule has 2 aromatic rings. The Morgan fingerprint density at radius 1 is 1.53 bits per heavy atom. The second-order valence-corrected chi connectivity index (χ2v) is 4.94. The number of carbonyl (C=O) groups is 1. The van der Waals surface area contributed by atoms with E-state index in [1.54, 1.807) is 0 Å². The zero-order valence-electron chi connectivity index (χ0n) is 10.3. The number of carboxylic acids is 1. The summed E-state index contributed by atoms with van der Waals surface area (Å²) in [6, 6.07) is 6.04. The van der Waals surface area contributed by atoms with Crippen molar-refractivity contribution in [2.45, 2.75) is 13.5 Å². The van der Waals surface area contributed by atoms with Crippen molar-refractivity contribution in [2.75, 3.05) is 11.9 Å². The van der Waals surface area contributed by atoms with E-state index in [1.165, 1.54) is 16.4 Å². The normalized spacial score (nSPS) is 10.4. The van der Waals surface area contributed by atoms with Gasteiger partial charge in [-0.05, 0) is 40.5 Å². The van der Waals surface area contributed by atoms with Crippen LogP contribution in [0, 0.1) is 6.92 Å². The van der Waals surface area contributed by atoms with Crippen LogP contribution in [0.5, 0.6) is 0 Å². The molecule has 0 amide bonds. The number of aromatic carboxylic acids is 1. The van der Waals surface area contributed by atoms with Crippen molar-refractivity contribution in [1.29, 1.82) is 0 Å². The molecular weight excluding hydrogens is 312 g/mol. The average Bonchev–Trinajstić information content (AvgIpc) is 2.82. The summed E-state index contributed by atoms with van der Waals surface area (Å²) < 4.78 is 2.49. The molecule has 2 N–H and O–H groups in total. The Labute approximate surface area is 118 Å². The molecule has 0 bridgehead atoms. The summed E-state index contributed by atoms with van der Waals surface area (Å²) in [4.78, 5) is 10.7. The van der Waals surface area contributed by atoms with Crippen LogP contribution < -0.4 is 5.32 Å². The number of aromatic nitrogens is 3. The lowest BCUT2D eigenvalue weighted by Crippen LogP contribution is -2.11. The monoisotopic (exact) mass is 324 g/mol. The zero-order valence-corrected chi connectivity index (χ0v) is 11.9. The van der Waals surface area contributed by atoms with Crippen molar-refractivity contribution in [3.05, 3.63) is 40.1 Å². The molecule has 1 aromatic heterocycles. The van der Waals surface area contributed by atoms with Crippen LogP contribution in [0.2, 0.25) is 0 Å². The van der Waals surface area contributed by atoms with Gasteiger partial charge in [0.2, 0.25) is 0 Å². The molecule has 6 nitrogen and oxygen atoms in total. The van der Waals surface area contributed by atoms with Crippen molar-refractivity contribution >= 4 is 27.6 Å². The number of carboxylic acid groups (broad SMARTS) is 1. The van der Waals surface area contributed by atoms with Crippen molar-refractivity contribution in [2.24, 2.45) is 0 Å². The summed E-state index contributed by atoms with van der Waals surface area (Å²) in [6.07, 6.45) is 1.41. The highest BCUT2D eigenvalue weighted by atomic mass is 79.9. The van der Waals surface area contributed by atoms with Gasteiger partial charge in [0, 0.05) is 16.7 Å². The van der Waals surface area contributed by atoms with Gasteiger partial charge in [-0.25, -0.2) is 9.48 Å². The molecule has 0 spiro atoms. The second kappa shape index (κ2) is 5.83. The third-order valence-corrected chi connectivity index (χ3v) is 3.23. The highest BCUT2D eigenvalue weighted by Crippen LogP contribution is 2.22. The Balaban J connectivity index is 1.92. The molecule has 19 heavy (non-hydrogen) atoms. The number of halogens is 1. The van der Waals surface area contributed by atoms with Crippen LogP contribution in [0.25, 0.3) is 0 Å². The average molecular weight is 325 g/mol. The first kappa shape index (κ1) is 13.5. The largest absolute Gasteiger partial charge is 0.476 e. The number of anilines is 1. The van der Waals surface area contributed by atoms with Crippen molar-refractivity contribution in [3.63, 3.8) is 0 Å². The molecule has 2 rings (SSSR count). The van der Waals surface area contributed by atoms with Crippen LogP contribution in [0.3, 0.4) is 0 Å².